The first-order chi connectivity index (χ1) is 7.13. The number of nitrogens with one attached hydrogen (secondary N) is 1. The van der Waals surface area contributed by atoms with Crippen LogP contribution in [-0.4, -0.2) is 17.6 Å². The maximum absolute atomic E-state index is 11.8. The fourth-order valence-corrected chi connectivity index (χ4v) is 2.08. The molecule has 0 bridgehead atoms. The second kappa shape index (κ2) is 3.57. The molecule has 0 saturated carbocycles. The minimum Gasteiger partial charge on any atom is -0.508 e. The maximum atomic E-state index is 11.8. The molecule has 1 aromatic rings. The van der Waals surface area contributed by atoms with Gasteiger partial charge >= 0.3 is 0 Å². The van der Waals surface area contributed by atoms with Crippen molar-refractivity contribution < 1.29 is 9.90 Å². The summed E-state index contributed by atoms with van der Waals surface area (Å²) in [5.74, 6) is 0.270. The van der Waals surface area contributed by atoms with Crippen LogP contribution in [0.4, 0.5) is 0 Å². The van der Waals surface area contributed by atoms with E-state index in [2.05, 4.69) is 5.32 Å². The summed E-state index contributed by atoms with van der Waals surface area (Å²) in [6.45, 7) is 2.68. The third-order valence-electron chi connectivity index (χ3n) is 3.12. The molecule has 3 heteroatoms. The fraction of sp³-hybridized carbons (Fsp3) is 0.417. The third kappa shape index (κ3) is 1.69. The topological polar surface area (TPSA) is 49.3 Å². The van der Waals surface area contributed by atoms with E-state index in [-0.39, 0.29) is 11.7 Å². The summed E-state index contributed by atoms with van der Waals surface area (Å²) in [6.07, 6.45) is 1.82. The maximum Gasteiger partial charge on any atom is 0.230 e. The van der Waals surface area contributed by atoms with Crippen LogP contribution in [0.15, 0.2) is 24.3 Å². The summed E-state index contributed by atoms with van der Waals surface area (Å²) in [4.78, 5) is 11.8. The van der Waals surface area contributed by atoms with Crippen molar-refractivity contribution in [2.24, 2.45) is 0 Å². The van der Waals surface area contributed by atoms with E-state index in [1.807, 2.05) is 13.0 Å². The highest BCUT2D eigenvalue weighted by molar-refractivity contribution is 5.88. The lowest BCUT2D eigenvalue weighted by atomic mass is 9.76. The zero-order valence-corrected chi connectivity index (χ0v) is 8.79. The monoisotopic (exact) mass is 205 g/mol. The van der Waals surface area contributed by atoms with Crippen LogP contribution in [-0.2, 0) is 10.2 Å². The Labute approximate surface area is 89.1 Å². The molecular weight excluding hydrogens is 190 g/mol. The highest BCUT2D eigenvalue weighted by Crippen LogP contribution is 2.32. The van der Waals surface area contributed by atoms with Gasteiger partial charge in [0.15, 0.2) is 0 Å². The standard InChI is InChI=1S/C12H15NO2/c1-12(6-3-7-13-11(12)15)9-4-2-5-10(14)8-9/h2,4-5,8,14H,3,6-7H2,1H3,(H,13,15). The molecule has 3 nitrogen and oxygen atoms in total. The van der Waals surface area contributed by atoms with Crippen molar-refractivity contribution in [1.82, 2.24) is 5.32 Å². The first-order valence-electron chi connectivity index (χ1n) is 5.21. The summed E-state index contributed by atoms with van der Waals surface area (Å²) in [5.41, 5.74) is 0.400. The molecule has 1 fully saturated rings. The molecule has 1 atom stereocenters. The van der Waals surface area contributed by atoms with E-state index in [0.717, 1.165) is 24.9 Å². The number of phenolic OH excluding ortho intramolecular Hbond substituents is 1. The molecule has 2 N–H and O–H groups in total. The van der Waals surface area contributed by atoms with Gasteiger partial charge in [0.25, 0.3) is 0 Å². The van der Waals surface area contributed by atoms with E-state index in [1.165, 1.54) is 0 Å². The van der Waals surface area contributed by atoms with Crippen molar-refractivity contribution in [2.45, 2.75) is 25.2 Å². The number of hydrogen-bond acceptors (Lipinski definition) is 2. The lowest BCUT2D eigenvalue weighted by Crippen LogP contribution is -2.46. The molecule has 1 heterocycles. The number of carbonyl (C=O) groups excluding carboxylic acids is 1. The summed E-state index contributed by atoms with van der Waals surface area (Å²) in [5, 5.41) is 12.3. The zero-order valence-electron chi connectivity index (χ0n) is 8.79. The van der Waals surface area contributed by atoms with Gasteiger partial charge in [0.1, 0.15) is 5.75 Å². The van der Waals surface area contributed by atoms with Crippen LogP contribution in [0.1, 0.15) is 25.3 Å². The number of phenols is 1. The second-order valence-electron chi connectivity index (χ2n) is 4.24. The van der Waals surface area contributed by atoms with Crippen molar-refractivity contribution >= 4 is 5.91 Å². The van der Waals surface area contributed by atoms with Gasteiger partial charge in [-0.15, -0.1) is 0 Å². The van der Waals surface area contributed by atoms with Crippen LogP contribution in [0.2, 0.25) is 0 Å². The minimum absolute atomic E-state index is 0.0550. The highest BCUT2D eigenvalue weighted by atomic mass is 16.3. The average molecular weight is 205 g/mol. The Morgan fingerprint density at radius 2 is 2.27 bits per heavy atom. The Morgan fingerprint density at radius 3 is 2.93 bits per heavy atom. The van der Waals surface area contributed by atoms with Gasteiger partial charge in [-0.05, 0) is 37.5 Å². The normalized spacial score (nSPS) is 26.1. The quantitative estimate of drug-likeness (QED) is 0.731. The zero-order chi connectivity index (χ0) is 10.9. The SMILES string of the molecule is CC1(c2cccc(O)c2)CCCNC1=O. The van der Waals surface area contributed by atoms with Gasteiger partial charge in [-0.1, -0.05) is 12.1 Å². The van der Waals surface area contributed by atoms with Gasteiger partial charge in [-0.25, -0.2) is 0 Å². The van der Waals surface area contributed by atoms with Crippen molar-refractivity contribution in [3.63, 3.8) is 0 Å². The van der Waals surface area contributed by atoms with Gasteiger partial charge in [0.05, 0.1) is 5.41 Å². The van der Waals surface area contributed by atoms with E-state index >= 15 is 0 Å². The van der Waals surface area contributed by atoms with E-state index in [9.17, 15) is 9.90 Å². The Bertz CT molecular complexity index is 389. The molecule has 1 unspecified atom stereocenters. The van der Waals surface area contributed by atoms with Crippen LogP contribution in [0, 0.1) is 0 Å². The van der Waals surface area contributed by atoms with Crippen LogP contribution < -0.4 is 5.32 Å². The number of piperidine rings is 1. The molecule has 1 aromatic carbocycles. The van der Waals surface area contributed by atoms with Crippen molar-refractivity contribution in [2.75, 3.05) is 6.54 Å². The van der Waals surface area contributed by atoms with Crippen LogP contribution in [0.3, 0.4) is 0 Å². The van der Waals surface area contributed by atoms with Crippen molar-refractivity contribution in [3.05, 3.63) is 29.8 Å². The second-order valence-corrected chi connectivity index (χ2v) is 4.24. The van der Waals surface area contributed by atoms with Gasteiger partial charge < -0.3 is 10.4 Å². The Morgan fingerprint density at radius 1 is 1.47 bits per heavy atom. The van der Waals surface area contributed by atoms with E-state index in [0.29, 0.717) is 0 Å². The van der Waals surface area contributed by atoms with E-state index in [4.69, 9.17) is 0 Å². The van der Waals surface area contributed by atoms with Crippen LogP contribution >= 0.6 is 0 Å². The predicted octanol–water partition coefficient (Wildman–Crippen LogP) is 1.56. The molecule has 80 valence electrons. The number of hydrogen-bond donors (Lipinski definition) is 2. The Hall–Kier alpha value is -1.51. The molecule has 15 heavy (non-hydrogen) atoms. The molecular formula is C12H15NO2. The average Bonchev–Trinajstić information content (AvgIpc) is 2.23. The smallest absolute Gasteiger partial charge is 0.230 e. The van der Waals surface area contributed by atoms with Crippen molar-refractivity contribution in [1.29, 1.82) is 0 Å². The molecule has 0 radical (unpaired) electrons. The summed E-state index contributed by atoms with van der Waals surface area (Å²) in [6, 6.07) is 6.96. The predicted molar refractivity (Wildman–Crippen MR) is 57.7 cm³/mol. The Kier molecular flexibility index (Phi) is 2.39. The lowest BCUT2D eigenvalue weighted by molar-refractivity contribution is -0.127. The number of amides is 1. The molecule has 0 aliphatic carbocycles. The molecule has 1 saturated heterocycles. The molecule has 1 amide bonds. The third-order valence-corrected chi connectivity index (χ3v) is 3.12. The lowest BCUT2D eigenvalue weighted by Gasteiger charge is -2.32. The van der Waals surface area contributed by atoms with E-state index in [1.54, 1.807) is 18.2 Å². The van der Waals surface area contributed by atoms with Gasteiger partial charge in [0, 0.05) is 6.54 Å². The van der Waals surface area contributed by atoms with Gasteiger partial charge in [0.2, 0.25) is 5.91 Å². The van der Waals surface area contributed by atoms with E-state index < -0.39 is 5.41 Å². The number of carbonyl (C=O) groups is 1. The number of aromatic hydroxyl groups is 1. The summed E-state index contributed by atoms with van der Waals surface area (Å²) < 4.78 is 0. The van der Waals surface area contributed by atoms with Crippen molar-refractivity contribution in [3.8, 4) is 5.75 Å². The molecule has 0 spiro atoms. The van der Waals surface area contributed by atoms with Gasteiger partial charge in [-0.2, -0.15) is 0 Å². The molecule has 2 rings (SSSR count). The molecule has 1 aliphatic rings. The highest BCUT2D eigenvalue weighted by Gasteiger charge is 2.37. The Balaban J connectivity index is 2.39. The molecule has 0 aromatic heterocycles. The summed E-state index contributed by atoms with van der Waals surface area (Å²) >= 11 is 0. The first-order valence-corrected chi connectivity index (χ1v) is 5.21. The van der Waals surface area contributed by atoms with Crippen LogP contribution in [0.5, 0.6) is 5.75 Å². The number of benzene rings is 1. The summed E-state index contributed by atoms with van der Waals surface area (Å²) in [7, 11) is 0. The van der Waals surface area contributed by atoms with Gasteiger partial charge in [-0.3, -0.25) is 4.79 Å². The molecule has 1 aliphatic heterocycles. The first kappa shape index (κ1) is 10.0. The minimum atomic E-state index is -0.489. The largest absolute Gasteiger partial charge is 0.508 e. The number of rotatable bonds is 1. The van der Waals surface area contributed by atoms with Crippen LogP contribution in [0.25, 0.3) is 0 Å². The fourth-order valence-electron chi connectivity index (χ4n) is 2.08.